The minimum absolute atomic E-state index is 0.0447. The summed E-state index contributed by atoms with van der Waals surface area (Å²) in [4.78, 5) is 22.9. The molecular weight excluding hydrogens is 398 g/mol. The molecule has 4 aromatic rings. The van der Waals surface area contributed by atoms with Crippen LogP contribution >= 0.6 is 0 Å². The van der Waals surface area contributed by atoms with Crippen molar-refractivity contribution in [1.29, 1.82) is 0 Å². The Hall–Kier alpha value is -3.60. The largest absolute Gasteiger partial charge is 0.491 e. The van der Waals surface area contributed by atoms with Gasteiger partial charge in [-0.05, 0) is 66.4 Å². The van der Waals surface area contributed by atoms with E-state index in [9.17, 15) is 4.79 Å². The lowest BCUT2D eigenvalue weighted by Crippen LogP contribution is -2.32. The third-order valence-electron chi connectivity index (χ3n) is 6.00. The van der Waals surface area contributed by atoms with Gasteiger partial charge in [0.05, 0.1) is 17.6 Å². The number of amides is 1. The molecule has 0 saturated carbocycles. The van der Waals surface area contributed by atoms with Crippen LogP contribution in [0.2, 0.25) is 0 Å². The molecular formula is C27H27N3O2. The average Bonchev–Trinajstić information content (AvgIpc) is 3.05. The number of nitrogens with one attached hydrogen (secondary N) is 1. The molecule has 3 aromatic carbocycles. The van der Waals surface area contributed by atoms with E-state index in [-0.39, 0.29) is 5.91 Å². The Labute approximate surface area is 188 Å². The van der Waals surface area contributed by atoms with Crippen LogP contribution in [-0.2, 0) is 13.0 Å². The number of nitrogens with zero attached hydrogens (tertiary/aromatic N) is 2. The van der Waals surface area contributed by atoms with E-state index in [1.807, 2.05) is 30.0 Å². The highest BCUT2D eigenvalue weighted by Gasteiger charge is 2.21. The monoisotopic (exact) mass is 425 g/mol. The number of aromatic nitrogens is 2. The molecule has 0 radical (unpaired) electrons. The smallest absolute Gasteiger partial charge is 0.254 e. The summed E-state index contributed by atoms with van der Waals surface area (Å²) in [6.45, 7) is 5.71. The topological polar surface area (TPSA) is 58.2 Å². The van der Waals surface area contributed by atoms with Gasteiger partial charge in [0, 0.05) is 17.7 Å². The zero-order chi connectivity index (χ0) is 22.1. The molecule has 1 amide bonds. The highest BCUT2D eigenvalue weighted by atomic mass is 16.5. The zero-order valence-corrected chi connectivity index (χ0v) is 18.5. The molecule has 162 valence electrons. The van der Waals surface area contributed by atoms with Gasteiger partial charge in [0.15, 0.2) is 0 Å². The average molecular weight is 426 g/mol. The van der Waals surface area contributed by atoms with Gasteiger partial charge in [-0.3, -0.25) is 4.79 Å². The summed E-state index contributed by atoms with van der Waals surface area (Å²) in [5, 5.41) is 0. The van der Waals surface area contributed by atoms with Crippen molar-refractivity contribution in [3.05, 3.63) is 83.2 Å². The number of rotatable bonds is 4. The Morgan fingerprint density at radius 3 is 2.66 bits per heavy atom. The Morgan fingerprint density at radius 2 is 1.84 bits per heavy atom. The maximum atomic E-state index is 13.2. The molecule has 0 spiro atoms. The van der Waals surface area contributed by atoms with Gasteiger partial charge < -0.3 is 14.6 Å². The van der Waals surface area contributed by atoms with Crippen molar-refractivity contribution in [3.8, 4) is 16.9 Å². The van der Waals surface area contributed by atoms with E-state index < -0.39 is 0 Å². The van der Waals surface area contributed by atoms with E-state index in [1.165, 1.54) is 5.56 Å². The molecule has 2 heterocycles. The van der Waals surface area contributed by atoms with Crippen molar-refractivity contribution >= 4 is 16.9 Å². The predicted octanol–water partition coefficient (Wildman–Crippen LogP) is 5.53. The highest BCUT2D eigenvalue weighted by molar-refractivity contribution is 5.94. The summed E-state index contributed by atoms with van der Waals surface area (Å²) in [7, 11) is 0. The highest BCUT2D eigenvalue weighted by Crippen LogP contribution is 2.31. The van der Waals surface area contributed by atoms with Crippen LogP contribution in [0.25, 0.3) is 22.2 Å². The maximum Gasteiger partial charge on any atom is 0.254 e. The Bertz CT molecular complexity index is 1270. The van der Waals surface area contributed by atoms with Gasteiger partial charge in [0.2, 0.25) is 0 Å². The van der Waals surface area contributed by atoms with Crippen molar-refractivity contribution in [3.63, 3.8) is 0 Å². The second kappa shape index (κ2) is 8.50. The van der Waals surface area contributed by atoms with E-state index in [1.54, 1.807) is 0 Å². The Morgan fingerprint density at radius 1 is 1.06 bits per heavy atom. The van der Waals surface area contributed by atoms with Crippen LogP contribution in [0.5, 0.6) is 5.75 Å². The van der Waals surface area contributed by atoms with Crippen LogP contribution in [0.15, 0.2) is 60.7 Å². The number of aryl methyl sites for hydroxylation is 2. The minimum atomic E-state index is 0.0447. The lowest BCUT2D eigenvalue weighted by molar-refractivity contribution is 0.0733. The molecule has 5 heteroatoms. The second-order valence-electron chi connectivity index (χ2n) is 8.40. The summed E-state index contributed by atoms with van der Waals surface area (Å²) < 4.78 is 5.97. The lowest BCUT2D eigenvalue weighted by Gasteiger charge is -2.20. The predicted molar refractivity (Wildman–Crippen MR) is 127 cm³/mol. The quantitative estimate of drug-likeness (QED) is 0.468. The van der Waals surface area contributed by atoms with E-state index in [0.29, 0.717) is 19.7 Å². The normalized spacial score (nSPS) is 13.5. The second-order valence-corrected chi connectivity index (χ2v) is 8.40. The number of aromatic amines is 1. The number of H-pyrrole nitrogens is 1. The molecule has 5 rings (SSSR count). The van der Waals surface area contributed by atoms with E-state index in [0.717, 1.165) is 57.7 Å². The fourth-order valence-electron chi connectivity index (χ4n) is 4.35. The maximum absolute atomic E-state index is 13.2. The van der Waals surface area contributed by atoms with Gasteiger partial charge in [0.1, 0.15) is 18.2 Å². The number of carbonyl (C=O) groups excluding carboxylic acids is 1. The number of carbonyl (C=O) groups is 1. The Kier molecular flexibility index (Phi) is 5.39. The summed E-state index contributed by atoms with van der Waals surface area (Å²) in [6, 6.07) is 20.5. The molecule has 0 bridgehead atoms. The SMILES string of the molecule is CCCc1ccc(C(=O)N2CCOc3ccc(-c4ccc5[nH]c(C)nc5c4)cc3C2)cc1. The summed E-state index contributed by atoms with van der Waals surface area (Å²) in [6.07, 6.45) is 2.13. The summed E-state index contributed by atoms with van der Waals surface area (Å²) in [5.74, 6) is 1.80. The fourth-order valence-corrected chi connectivity index (χ4v) is 4.35. The molecule has 32 heavy (non-hydrogen) atoms. The minimum Gasteiger partial charge on any atom is -0.491 e. The first-order valence-electron chi connectivity index (χ1n) is 11.2. The first-order chi connectivity index (χ1) is 15.6. The first kappa shape index (κ1) is 20.3. The summed E-state index contributed by atoms with van der Waals surface area (Å²) >= 11 is 0. The van der Waals surface area contributed by atoms with Crippen molar-refractivity contribution in [2.45, 2.75) is 33.2 Å². The van der Waals surface area contributed by atoms with Crippen molar-refractivity contribution in [1.82, 2.24) is 14.9 Å². The number of ether oxygens (including phenoxy) is 1. The molecule has 0 unspecified atom stereocenters. The molecule has 0 saturated heterocycles. The van der Waals surface area contributed by atoms with Gasteiger partial charge in [-0.2, -0.15) is 0 Å². The number of hydrogen-bond donors (Lipinski definition) is 1. The molecule has 5 nitrogen and oxygen atoms in total. The van der Waals surface area contributed by atoms with Crippen LogP contribution in [0.1, 0.15) is 40.7 Å². The first-order valence-corrected chi connectivity index (χ1v) is 11.2. The number of imidazole rings is 1. The Balaban J connectivity index is 1.41. The van der Waals surface area contributed by atoms with Gasteiger partial charge in [0.25, 0.3) is 5.91 Å². The fraction of sp³-hybridized carbons (Fsp3) is 0.259. The van der Waals surface area contributed by atoms with E-state index in [4.69, 9.17) is 4.74 Å². The standard InChI is InChI=1S/C27H27N3O2/c1-3-4-19-5-7-20(8-6-19)27(31)30-13-14-32-26-12-10-21(15-23(26)17-30)22-9-11-24-25(16-22)29-18(2)28-24/h5-12,15-16H,3-4,13-14,17H2,1-2H3,(H,28,29). The molecule has 0 aliphatic carbocycles. The molecule has 1 aliphatic rings. The van der Waals surface area contributed by atoms with Crippen LogP contribution < -0.4 is 4.74 Å². The molecule has 0 atom stereocenters. The molecule has 1 aliphatic heterocycles. The van der Waals surface area contributed by atoms with Crippen LogP contribution in [0.3, 0.4) is 0 Å². The number of benzene rings is 3. The van der Waals surface area contributed by atoms with Crippen molar-refractivity contribution < 1.29 is 9.53 Å². The van der Waals surface area contributed by atoms with E-state index >= 15 is 0 Å². The molecule has 0 fully saturated rings. The van der Waals surface area contributed by atoms with Gasteiger partial charge in [-0.15, -0.1) is 0 Å². The number of hydrogen-bond acceptors (Lipinski definition) is 3. The molecule has 1 N–H and O–H groups in total. The van der Waals surface area contributed by atoms with Crippen molar-refractivity contribution in [2.24, 2.45) is 0 Å². The lowest BCUT2D eigenvalue weighted by atomic mass is 10.0. The van der Waals surface area contributed by atoms with Crippen LogP contribution in [0.4, 0.5) is 0 Å². The van der Waals surface area contributed by atoms with E-state index in [2.05, 4.69) is 59.4 Å². The third kappa shape index (κ3) is 3.98. The summed E-state index contributed by atoms with van der Waals surface area (Å²) in [5.41, 5.74) is 7.19. The molecule has 1 aromatic heterocycles. The third-order valence-corrected chi connectivity index (χ3v) is 6.00. The van der Waals surface area contributed by atoms with Crippen LogP contribution in [-0.4, -0.2) is 33.9 Å². The van der Waals surface area contributed by atoms with Gasteiger partial charge >= 0.3 is 0 Å². The van der Waals surface area contributed by atoms with Gasteiger partial charge in [-0.1, -0.05) is 37.6 Å². The van der Waals surface area contributed by atoms with Gasteiger partial charge in [-0.25, -0.2) is 4.98 Å². The van der Waals surface area contributed by atoms with Crippen molar-refractivity contribution in [2.75, 3.05) is 13.2 Å². The van der Waals surface area contributed by atoms with Crippen LogP contribution in [0, 0.1) is 6.92 Å². The number of fused-ring (bicyclic) bond motifs is 2. The zero-order valence-electron chi connectivity index (χ0n) is 18.5.